The Bertz CT molecular complexity index is 1430. The van der Waals surface area contributed by atoms with Gasteiger partial charge < -0.3 is 5.73 Å². The van der Waals surface area contributed by atoms with Crippen molar-refractivity contribution >= 4 is 34.0 Å². The van der Waals surface area contributed by atoms with Crippen molar-refractivity contribution < 1.29 is 17.8 Å². The van der Waals surface area contributed by atoms with Gasteiger partial charge in [-0.25, -0.2) is 18.0 Å². The van der Waals surface area contributed by atoms with Crippen molar-refractivity contribution in [1.29, 1.82) is 5.41 Å². The second-order valence-electron chi connectivity index (χ2n) is 7.46. The monoisotopic (exact) mass is 491 g/mol. The molecule has 4 rings (SSSR count). The van der Waals surface area contributed by atoms with Gasteiger partial charge >= 0.3 is 0 Å². The van der Waals surface area contributed by atoms with Gasteiger partial charge in [-0.2, -0.15) is 0 Å². The Morgan fingerprint density at radius 2 is 1.71 bits per heavy atom. The summed E-state index contributed by atoms with van der Waals surface area (Å²) in [4.78, 5) is 21.0. The summed E-state index contributed by atoms with van der Waals surface area (Å²) in [5, 5.41) is 8.36. The third kappa shape index (κ3) is 5.28. The zero-order valence-corrected chi connectivity index (χ0v) is 19.0. The molecule has 35 heavy (non-hydrogen) atoms. The van der Waals surface area contributed by atoms with Crippen LogP contribution >= 0.6 is 0 Å². The highest BCUT2D eigenvalue weighted by Crippen LogP contribution is 2.26. The Kier molecular flexibility index (Phi) is 7.02. The molecule has 2 aromatic carbocycles. The van der Waals surface area contributed by atoms with E-state index in [1.807, 2.05) is 0 Å². The molecule has 0 saturated heterocycles. The number of nitrogen functional groups attached to an aromatic ring is 1. The predicted molar refractivity (Wildman–Crippen MR) is 131 cm³/mol. The fourth-order valence-corrected chi connectivity index (χ4v) is 4.31. The molecule has 0 amide bonds. The van der Waals surface area contributed by atoms with Crippen molar-refractivity contribution in [1.82, 2.24) is 9.97 Å². The van der Waals surface area contributed by atoms with E-state index in [0.717, 1.165) is 17.7 Å². The van der Waals surface area contributed by atoms with Gasteiger partial charge in [0.1, 0.15) is 34.0 Å². The Balaban J connectivity index is 1.61. The molecule has 1 atom stereocenters. The lowest BCUT2D eigenvalue weighted by atomic mass is 9.98. The SMILES string of the molecule is N=C(C(=O)c1ccc(F)c(NS(=O)Cc2ccccc2)c1F)c1cc(-c2ccncc2)cnc1N. The van der Waals surface area contributed by atoms with Crippen LogP contribution in [0.1, 0.15) is 21.5 Å². The molecular formula is C25H19F2N5O2S. The first-order valence-electron chi connectivity index (χ1n) is 10.3. The first kappa shape index (κ1) is 23.8. The van der Waals surface area contributed by atoms with E-state index >= 15 is 4.39 Å². The van der Waals surface area contributed by atoms with Crippen molar-refractivity contribution in [3.8, 4) is 11.1 Å². The van der Waals surface area contributed by atoms with Crippen molar-refractivity contribution in [2.45, 2.75) is 5.75 Å². The summed E-state index contributed by atoms with van der Waals surface area (Å²) in [7, 11) is -1.87. The van der Waals surface area contributed by atoms with Crippen molar-refractivity contribution in [3.05, 3.63) is 108 Å². The summed E-state index contributed by atoms with van der Waals surface area (Å²) in [6, 6.07) is 15.5. The molecule has 2 heterocycles. The summed E-state index contributed by atoms with van der Waals surface area (Å²) < 4.78 is 44.3. The quantitative estimate of drug-likeness (QED) is 0.247. The maximum absolute atomic E-state index is 15.2. The van der Waals surface area contributed by atoms with Gasteiger partial charge in [-0.05, 0) is 41.5 Å². The first-order chi connectivity index (χ1) is 16.8. The molecule has 0 spiro atoms. The number of carbonyl (C=O) groups excluding carboxylic acids is 1. The van der Waals surface area contributed by atoms with E-state index in [2.05, 4.69) is 14.7 Å². The second-order valence-corrected chi connectivity index (χ2v) is 8.64. The normalized spacial score (nSPS) is 11.6. The van der Waals surface area contributed by atoms with Gasteiger partial charge in [0.05, 0.1) is 11.3 Å². The van der Waals surface area contributed by atoms with Gasteiger partial charge in [-0.1, -0.05) is 30.3 Å². The number of nitrogens with two attached hydrogens (primary N) is 1. The molecule has 0 aliphatic rings. The molecule has 1 unspecified atom stereocenters. The van der Waals surface area contributed by atoms with Crippen LogP contribution in [-0.2, 0) is 16.7 Å². The standard InChI is InChI=1S/C25H19F2N5O2S/c26-20-7-6-18(21(27)23(20)32-35(34)14-15-4-2-1-3-5-15)24(33)22(28)19-12-17(13-31-25(19)29)16-8-10-30-11-9-16/h1-13,28,32H,14H2,(H2,29,31). The molecule has 7 nitrogen and oxygen atoms in total. The van der Waals surface area contributed by atoms with E-state index in [0.29, 0.717) is 11.1 Å². The molecule has 4 aromatic rings. The maximum Gasteiger partial charge on any atom is 0.214 e. The van der Waals surface area contributed by atoms with Crippen molar-refractivity contribution in [2.24, 2.45) is 0 Å². The van der Waals surface area contributed by atoms with E-state index in [9.17, 15) is 13.4 Å². The Hall–Kier alpha value is -4.31. The van der Waals surface area contributed by atoms with Gasteiger partial charge in [0, 0.05) is 29.7 Å². The van der Waals surface area contributed by atoms with Crippen LogP contribution in [0.2, 0.25) is 0 Å². The van der Waals surface area contributed by atoms with Crippen molar-refractivity contribution in [2.75, 3.05) is 10.5 Å². The van der Waals surface area contributed by atoms with Crippen LogP contribution in [0, 0.1) is 17.0 Å². The van der Waals surface area contributed by atoms with Gasteiger partial charge in [-0.15, -0.1) is 0 Å². The van der Waals surface area contributed by atoms with E-state index in [4.69, 9.17) is 11.1 Å². The number of aromatic nitrogens is 2. The average Bonchev–Trinajstić information content (AvgIpc) is 2.87. The Morgan fingerprint density at radius 1 is 1.00 bits per heavy atom. The minimum Gasteiger partial charge on any atom is -0.383 e. The minimum atomic E-state index is -1.87. The highest BCUT2D eigenvalue weighted by atomic mass is 32.2. The lowest BCUT2D eigenvalue weighted by Gasteiger charge is -2.13. The molecule has 2 aromatic heterocycles. The van der Waals surface area contributed by atoms with E-state index in [-0.39, 0.29) is 17.1 Å². The lowest BCUT2D eigenvalue weighted by molar-refractivity contribution is 0.106. The number of rotatable bonds is 8. The molecule has 0 bridgehead atoms. The zero-order valence-electron chi connectivity index (χ0n) is 18.2. The third-order valence-electron chi connectivity index (χ3n) is 5.12. The number of nitrogens with one attached hydrogen (secondary N) is 2. The number of halogens is 2. The lowest BCUT2D eigenvalue weighted by Crippen LogP contribution is -2.20. The maximum atomic E-state index is 15.2. The fourth-order valence-electron chi connectivity index (χ4n) is 3.33. The van der Waals surface area contributed by atoms with Crippen LogP contribution in [0.15, 0.2) is 79.3 Å². The average molecular weight is 492 g/mol. The number of pyridine rings is 2. The molecule has 0 aliphatic carbocycles. The molecule has 176 valence electrons. The topological polar surface area (TPSA) is 122 Å². The minimum absolute atomic E-state index is 0.00227. The second kappa shape index (κ2) is 10.3. The summed E-state index contributed by atoms with van der Waals surface area (Å²) in [5.74, 6) is -3.39. The predicted octanol–water partition coefficient (Wildman–Crippen LogP) is 4.53. The van der Waals surface area contributed by atoms with E-state index in [1.165, 1.54) is 12.3 Å². The molecule has 0 aliphatic heterocycles. The number of anilines is 2. The van der Waals surface area contributed by atoms with Crippen LogP contribution in [0.3, 0.4) is 0 Å². The summed E-state index contributed by atoms with van der Waals surface area (Å²) in [6.45, 7) is 0. The first-order valence-corrected chi connectivity index (χ1v) is 11.6. The zero-order chi connectivity index (χ0) is 24.9. The van der Waals surface area contributed by atoms with E-state index in [1.54, 1.807) is 54.9 Å². The van der Waals surface area contributed by atoms with Crippen molar-refractivity contribution in [3.63, 3.8) is 0 Å². The molecule has 10 heteroatoms. The van der Waals surface area contributed by atoms with Gasteiger partial charge in [0.25, 0.3) is 0 Å². The number of ketones is 1. The summed E-state index contributed by atoms with van der Waals surface area (Å²) >= 11 is 0. The number of carbonyl (C=O) groups is 1. The van der Waals surface area contributed by atoms with Crippen LogP contribution in [0.25, 0.3) is 11.1 Å². The van der Waals surface area contributed by atoms with E-state index < -0.39 is 45.4 Å². The smallest absolute Gasteiger partial charge is 0.214 e. The molecular weight excluding hydrogens is 472 g/mol. The van der Waals surface area contributed by atoms with Gasteiger partial charge in [0.2, 0.25) is 5.78 Å². The largest absolute Gasteiger partial charge is 0.383 e. The Morgan fingerprint density at radius 3 is 2.43 bits per heavy atom. The summed E-state index contributed by atoms with van der Waals surface area (Å²) in [6.07, 6.45) is 4.63. The van der Waals surface area contributed by atoms with Gasteiger partial charge in [0.15, 0.2) is 5.82 Å². The molecule has 0 radical (unpaired) electrons. The van der Waals surface area contributed by atoms with Crippen LogP contribution < -0.4 is 10.5 Å². The van der Waals surface area contributed by atoms with Crippen LogP contribution in [-0.4, -0.2) is 25.7 Å². The number of hydrogen-bond acceptors (Lipinski definition) is 6. The fraction of sp³-hybridized carbons (Fsp3) is 0.0400. The summed E-state index contributed by atoms with van der Waals surface area (Å²) in [5.41, 5.74) is 6.00. The molecule has 4 N–H and O–H groups in total. The van der Waals surface area contributed by atoms with Crippen LogP contribution in [0.5, 0.6) is 0 Å². The molecule has 0 saturated carbocycles. The highest BCUT2D eigenvalue weighted by molar-refractivity contribution is 7.85. The number of Topliss-reactive ketones (excluding diaryl/α,β-unsaturated/α-hetero) is 1. The molecule has 0 fully saturated rings. The Labute approximate surface area is 202 Å². The third-order valence-corrected chi connectivity index (χ3v) is 6.15. The number of nitrogens with zero attached hydrogens (tertiary/aromatic N) is 2. The number of benzene rings is 2. The number of hydrogen-bond donors (Lipinski definition) is 3. The highest BCUT2D eigenvalue weighted by Gasteiger charge is 2.25. The van der Waals surface area contributed by atoms with Gasteiger partial charge in [-0.3, -0.25) is 19.9 Å². The van der Waals surface area contributed by atoms with Crippen LogP contribution in [0.4, 0.5) is 20.3 Å².